The van der Waals surface area contributed by atoms with Gasteiger partial charge in [-0.05, 0) is 56.9 Å². The fraction of sp³-hybridized carbons (Fsp3) is 0.500. The number of likely N-dealkylation sites (tertiary alicyclic amines) is 1. The summed E-state index contributed by atoms with van der Waals surface area (Å²) in [6, 6.07) is 4.93. The number of carboxylic acid groups (broad SMARTS) is 1. The molecule has 21 heavy (non-hydrogen) atoms. The van der Waals surface area contributed by atoms with Crippen LogP contribution in [0, 0.1) is 13.8 Å². The molecule has 0 spiro atoms. The van der Waals surface area contributed by atoms with Gasteiger partial charge in [0.25, 0.3) is 5.91 Å². The third kappa shape index (κ3) is 3.35. The quantitative estimate of drug-likeness (QED) is 0.923. The lowest BCUT2D eigenvalue weighted by molar-refractivity contribution is -0.150. The van der Waals surface area contributed by atoms with Crippen molar-refractivity contribution in [3.05, 3.63) is 29.3 Å². The normalized spacial score (nSPS) is 19.4. The Hall–Kier alpha value is -2.04. The minimum Gasteiger partial charge on any atom is -0.481 e. The molecule has 0 aliphatic carbocycles. The van der Waals surface area contributed by atoms with Crippen molar-refractivity contribution in [3.8, 4) is 5.75 Å². The molecular weight excluding hydrogens is 270 g/mol. The number of hydrogen-bond donors (Lipinski definition) is 1. The fourth-order valence-corrected chi connectivity index (χ4v) is 2.56. The molecule has 5 nitrogen and oxygen atoms in total. The first kappa shape index (κ1) is 15.4. The maximum atomic E-state index is 12.4. The molecule has 1 amide bonds. The maximum Gasteiger partial charge on any atom is 0.326 e. The number of carbonyl (C=O) groups excluding carboxylic acids is 1. The third-order valence-electron chi connectivity index (χ3n) is 3.96. The zero-order valence-electron chi connectivity index (χ0n) is 12.6. The highest BCUT2D eigenvalue weighted by Gasteiger charge is 2.36. The summed E-state index contributed by atoms with van der Waals surface area (Å²) in [5.74, 6) is -0.581. The topological polar surface area (TPSA) is 66.8 Å². The predicted molar refractivity (Wildman–Crippen MR) is 78.4 cm³/mol. The van der Waals surface area contributed by atoms with Crippen molar-refractivity contribution in [1.29, 1.82) is 0 Å². The van der Waals surface area contributed by atoms with E-state index < -0.39 is 18.1 Å². The number of ether oxygens (including phenoxy) is 1. The minimum atomic E-state index is -0.945. The van der Waals surface area contributed by atoms with Gasteiger partial charge in [0.1, 0.15) is 11.8 Å². The van der Waals surface area contributed by atoms with Crippen molar-refractivity contribution in [2.75, 3.05) is 6.54 Å². The lowest BCUT2D eigenvalue weighted by Gasteiger charge is -2.25. The molecule has 0 bridgehead atoms. The Labute approximate surface area is 124 Å². The average Bonchev–Trinajstić information content (AvgIpc) is 2.91. The van der Waals surface area contributed by atoms with E-state index in [0.717, 1.165) is 17.5 Å². The van der Waals surface area contributed by atoms with E-state index in [-0.39, 0.29) is 5.91 Å². The number of rotatable bonds is 4. The number of aliphatic carboxylic acids is 1. The Morgan fingerprint density at radius 2 is 2.05 bits per heavy atom. The highest BCUT2D eigenvalue weighted by atomic mass is 16.5. The molecule has 2 rings (SSSR count). The summed E-state index contributed by atoms with van der Waals surface area (Å²) in [4.78, 5) is 24.9. The molecule has 1 saturated heterocycles. The summed E-state index contributed by atoms with van der Waals surface area (Å²) < 4.78 is 5.67. The second kappa shape index (κ2) is 6.16. The van der Waals surface area contributed by atoms with Crippen LogP contribution in [0.25, 0.3) is 0 Å². The van der Waals surface area contributed by atoms with E-state index in [1.165, 1.54) is 4.90 Å². The van der Waals surface area contributed by atoms with E-state index in [1.807, 2.05) is 32.0 Å². The summed E-state index contributed by atoms with van der Waals surface area (Å²) in [6.07, 6.45) is 0.545. The van der Waals surface area contributed by atoms with Gasteiger partial charge in [0.05, 0.1) is 0 Å². The van der Waals surface area contributed by atoms with Crippen LogP contribution in [0.2, 0.25) is 0 Å². The number of benzene rings is 1. The van der Waals surface area contributed by atoms with Gasteiger partial charge >= 0.3 is 5.97 Å². The van der Waals surface area contributed by atoms with Gasteiger partial charge in [-0.15, -0.1) is 0 Å². The van der Waals surface area contributed by atoms with Gasteiger partial charge in [-0.2, -0.15) is 0 Å². The molecule has 1 fully saturated rings. The lowest BCUT2D eigenvalue weighted by Crippen LogP contribution is -2.46. The largest absolute Gasteiger partial charge is 0.481 e. The van der Waals surface area contributed by atoms with E-state index in [1.54, 1.807) is 6.92 Å². The maximum absolute atomic E-state index is 12.4. The molecule has 0 saturated carbocycles. The first-order chi connectivity index (χ1) is 9.90. The standard InChI is InChI=1S/C16H21NO4/c1-10-6-7-13(9-11(10)2)21-12(3)15(18)17-8-4-5-14(17)16(19)20/h6-7,9,12,14H,4-5,8H2,1-3H3,(H,19,20). The van der Waals surface area contributed by atoms with E-state index in [2.05, 4.69) is 0 Å². The molecule has 5 heteroatoms. The molecule has 1 aromatic carbocycles. The number of carbonyl (C=O) groups is 2. The number of carboxylic acids is 1. The van der Waals surface area contributed by atoms with Crippen molar-refractivity contribution in [1.82, 2.24) is 4.90 Å². The van der Waals surface area contributed by atoms with Gasteiger partial charge in [0.2, 0.25) is 0 Å². The van der Waals surface area contributed by atoms with Gasteiger partial charge in [0.15, 0.2) is 6.10 Å². The summed E-state index contributed by atoms with van der Waals surface area (Å²) in [6.45, 7) is 6.14. The Balaban J connectivity index is 2.05. The lowest BCUT2D eigenvalue weighted by atomic mass is 10.1. The van der Waals surface area contributed by atoms with Gasteiger partial charge in [0, 0.05) is 6.54 Å². The molecule has 2 unspecified atom stereocenters. The first-order valence-corrected chi connectivity index (χ1v) is 7.17. The molecule has 1 heterocycles. The highest BCUT2D eigenvalue weighted by Crippen LogP contribution is 2.21. The SMILES string of the molecule is Cc1ccc(OC(C)C(=O)N2CCCC2C(=O)O)cc1C. The van der Waals surface area contributed by atoms with Crippen molar-refractivity contribution >= 4 is 11.9 Å². The molecule has 2 atom stereocenters. The molecule has 114 valence electrons. The van der Waals surface area contributed by atoms with Crippen LogP contribution >= 0.6 is 0 Å². The smallest absolute Gasteiger partial charge is 0.326 e. The summed E-state index contributed by atoms with van der Waals surface area (Å²) in [5.41, 5.74) is 2.25. The van der Waals surface area contributed by atoms with Crippen LogP contribution in [0.5, 0.6) is 5.75 Å². The Kier molecular flexibility index (Phi) is 4.50. The van der Waals surface area contributed by atoms with Crippen LogP contribution in [0.1, 0.15) is 30.9 Å². The monoisotopic (exact) mass is 291 g/mol. The number of amides is 1. The van der Waals surface area contributed by atoms with Crippen molar-refractivity contribution in [3.63, 3.8) is 0 Å². The zero-order valence-corrected chi connectivity index (χ0v) is 12.6. The molecule has 0 radical (unpaired) electrons. The highest BCUT2D eigenvalue weighted by molar-refractivity contribution is 5.87. The molecule has 1 aromatic rings. The van der Waals surface area contributed by atoms with Crippen LogP contribution in [-0.2, 0) is 9.59 Å². The predicted octanol–water partition coefficient (Wildman–Crippen LogP) is 2.15. The number of nitrogens with zero attached hydrogens (tertiary/aromatic N) is 1. The Bertz CT molecular complexity index is 555. The molecule has 1 aliphatic heterocycles. The molecule has 0 aromatic heterocycles. The van der Waals surface area contributed by atoms with Gasteiger partial charge < -0.3 is 14.7 Å². The minimum absolute atomic E-state index is 0.266. The third-order valence-corrected chi connectivity index (χ3v) is 3.96. The van der Waals surface area contributed by atoms with Crippen LogP contribution in [-0.4, -0.2) is 40.6 Å². The van der Waals surface area contributed by atoms with Crippen LogP contribution in [0.15, 0.2) is 18.2 Å². The molecule has 1 aliphatic rings. The summed E-state index contributed by atoms with van der Waals surface area (Å²) >= 11 is 0. The van der Waals surface area contributed by atoms with Gasteiger partial charge in [-0.3, -0.25) is 4.79 Å². The second-order valence-electron chi connectivity index (χ2n) is 5.53. The number of hydrogen-bond acceptors (Lipinski definition) is 3. The van der Waals surface area contributed by atoms with Gasteiger partial charge in [-0.25, -0.2) is 4.79 Å². The molecule has 1 N–H and O–H groups in total. The van der Waals surface area contributed by atoms with E-state index >= 15 is 0 Å². The summed E-state index contributed by atoms with van der Waals surface area (Å²) in [5, 5.41) is 9.14. The van der Waals surface area contributed by atoms with Crippen molar-refractivity contribution in [2.24, 2.45) is 0 Å². The fourth-order valence-electron chi connectivity index (χ4n) is 2.56. The van der Waals surface area contributed by atoms with Crippen molar-refractivity contribution in [2.45, 2.75) is 45.8 Å². The van der Waals surface area contributed by atoms with Crippen molar-refractivity contribution < 1.29 is 19.4 Å². The summed E-state index contributed by atoms with van der Waals surface area (Å²) in [7, 11) is 0. The van der Waals surface area contributed by atoms with Crippen LogP contribution in [0.4, 0.5) is 0 Å². The van der Waals surface area contributed by atoms with Gasteiger partial charge in [-0.1, -0.05) is 6.07 Å². The van der Waals surface area contributed by atoms with Crippen LogP contribution in [0.3, 0.4) is 0 Å². The average molecular weight is 291 g/mol. The zero-order chi connectivity index (χ0) is 15.6. The molecular formula is C16H21NO4. The van der Waals surface area contributed by atoms with Crippen LogP contribution < -0.4 is 4.74 Å². The second-order valence-corrected chi connectivity index (χ2v) is 5.53. The first-order valence-electron chi connectivity index (χ1n) is 7.17. The van der Waals surface area contributed by atoms with E-state index in [0.29, 0.717) is 18.7 Å². The Morgan fingerprint density at radius 3 is 2.67 bits per heavy atom. The number of aryl methyl sites for hydroxylation is 2. The Morgan fingerprint density at radius 1 is 1.33 bits per heavy atom. The van der Waals surface area contributed by atoms with E-state index in [9.17, 15) is 9.59 Å². The van der Waals surface area contributed by atoms with E-state index in [4.69, 9.17) is 9.84 Å².